The molecule has 132 valence electrons. The zero-order valence-electron chi connectivity index (χ0n) is 15.0. The number of hydrogen-bond donors (Lipinski definition) is 1. The molecule has 1 atom stereocenters. The molecule has 0 fully saturated rings. The number of nitrogens with one attached hydrogen (secondary N) is 1. The smallest absolute Gasteiger partial charge is 0.290 e. The summed E-state index contributed by atoms with van der Waals surface area (Å²) in [6.07, 6.45) is 4.68. The molecule has 0 radical (unpaired) electrons. The lowest BCUT2D eigenvalue weighted by Crippen LogP contribution is -2.41. The fourth-order valence-electron chi connectivity index (χ4n) is 3.88. The van der Waals surface area contributed by atoms with Crippen LogP contribution in [0.2, 0.25) is 0 Å². The molecule has 2 aliphatic rings. The predicted molar refractivity (Wildman–Crippen MR) is 93.9 cm³/mol. The Bertz CT molecular complexity index is 822. The molecule has 5 heteroatoms. The van der Waals surface area contributed by atoms with Crippen LogP contribution >= 0.6 is 0 Å². The molecule has 5 nitrogen and oxygen atoms in total. The first-order valence-corrected chi connectivity index (χ1v) is 9.01. The highest BCUT2D eigenvalue weighted by atomic mass is 16.5. The summed E-state index contributed by atoms with van der Waals surface area (Å²) >= 11 is 0. The van der Waals surface area contributed by atoms with Crippen molar-refractivity contribution >= 4 is 5.91 Å². The maximum atomic E-state index is 12.8. The first-order valence-electron chi connectivity index (χ1n) is 9.01. The van der Waals surface area contributed by atoms with Crippen LogP contribution in [0.25, 0.3) is 0 Å². The average Bonchev–Trinajstić information content (AvgIpc) is 2.97. The molecule has 25 heavy (non-hydrogen) atoms. The summed E-state index contributed by atoms with van der Waals surface area (Å²) in [6.45, 7) is 6.14. The number of benzene rings is 1. The Labute approximate surface area is 147 Å². The van der Waals surface area contributed by atoms with Gasteiger partial charge in [-0.3, -0.25) is 4.79 Å². The summed E-state index contributed by atoms with van der Waals surface area (Å²) in [5.74, 6) is 1.05. The third-order valence-electron chi connectivity index (χ3n) is 5.10. The number of amides is 1. The number of nitrogens with zero attached hydrogens (tertiary/aromatic N) is 1. The maximum absolute atomic E-state index is 12.8. The Morgan fingerprint density at radius 2 is 2.08 bits per heavy atom. The van der Waals surface area contributed by atoms with Gasteiger partial charge >= 0.3 is 0 Å². The van der Waals surface area contributed by atoms with E-state index < -0.39 is 0 Å². The van der Waals surface area contributed by atoms with E-state index >= 15 is 0 Å². The number of aromatic nitrogens is 1. The van der Waals surface area contributed by atoms with E-state index in [1.54, 1.807) is 0 Å². The van der Waals surface area contributed by atoms with Gasteiger partial charge in [0.1, 0.15) is 11.4 Å². The van der Waals surface area contributed by atoms with Crippen molar-refractivity contribution in [3.63, 3.8) is 0 Å². The first kappa shape index (κ1) is 16.2. The van der Waals surface area contributed by atoms with Gasteiger partial charge in [0.2, 0.25) is 5.76 Å². The van der Waals surface area contributed by atoms with E-state index in [9.17, 15) is 4.79 Å². The second-order valence-electron chi connectivity index (χ2n) is 7.78. The number of rotatable bonds is 2. The molecule has 1 aromatic carbocycles. The van der Waals surface area contributed by atoms with Gasteiger partial charge in [-0.05, 0) is 58.1 Å². The number of carbonyl (C=O) groups is 1. The van der Waals surface area contributed by atoms with Crippen LogP contribution in [0.3, 0.4) is 0 Å². The Morgan fingerprint density at radius 1 is 1.28 bits per heavy atom. The third kappa shape index (κ3) is 3.03. The first-order chi connectivity index (χ1) is 11.9. The molecule has 2 aromatic rings. The van der Waals surface area contributed by atoms with Crippen molar-refractivity contribution in [1.29, 1.82) is 0 Å². The molecule has 1 aliphatic heterocycles. The SMILES string of the molecule is Cc1ccc2c(c1)OC(C)(C)CC2NC(=O)c1onc2c1CCCC2. The fraction of sp³-hybridized carbons (Fsp3) is 0.500. The highest BCUT2D eigenvalue weighted by Crippen LogP contribution is 2.40. The van der Waals surface area contributed by atoms with Crippen LogP contribution in [0, 0.1) is 6.92 Å². The molecule has 0 saturated carbocycles. The minimum atomic E-state index is -0.334. The van der Waals surface area contributed by atoms with Crippen molar-refractivity contribution in [2.24, 2.45) is 0 Å². The standard InChI is InChI=1S/C20H24N2O3/c1-12-8-9-13-16(11-20(2,3)24-17(13)10-12)21-19(23)18-14-6-4-5-7-15(14)22-25-18/h8-10,16H,4-7,11H2,1-3H3,(H,21,23). The van der Waals surface area contributed by atoms with Gasteiger partial charge in [0.25, 0.3) is 5.91 Å². The zero-order valence-corrected chi connectivity index (χ0v) is 15.0. The second kappa shape index (κ2) is 5.90. The van der Waals surface area contributed by atoms with Crippen LogP contribution in [0.1, 0.15) is 72.1 Å². The van der Waals surface area contributed by atoms with E-state index in [2.05, 4.69) is 16.5 Å². The van der Waals surface area contributed by atoms with Gasteiger partial charge in [0, 0.05) is 17.5 Å². The molecular formula is C20H24N2O3. The van der Waals surface area contributed by atoms with Crippen LogP contribution in [0.5, 0.6) is 5.75 Å². The van der Waals surface area contributed by atoms with Crippen LogP contribution in [0.4, 0.5) is 0 Å². The monoisotopic (exact) mass is 340 g/mol. The minimum absolute atomic E-state index is 0.101. The Balaban J connectivity index is 1.62. The Kier molecular flexibility index (Phi) is 3.82. The summed E-state index contributed by atoms with van der Waals surface area (Å²) in [5.41, 5.74) is 3.76. The molecule has 1 N–H and O–H groups in total. The van der Waals surface area contributed by atoms with Crippen molar-refractivity contribution in [2.75, 3.05) is 0 Å². The van der Waals surface area contributed by atoms with Crippen molar-refractivity contribution in [2.45, 2.75) is 64.5 Å². The van der Waals surface area contributed by atoms with Crippen molar-refractivity contribution < 1.29 is 14.1 Å². The molecule has 0 spiro atoms. The van der Waals surface area contributed by atoms with Gasteiger partial charge in [-0.15, -0.1) is 0 Å². The molecule has 1 aromatic heterocycles. The average molecular weight is 340 g/mol. The largest absolute Gasteiger partial charge is 0.487 e. The van der Waals surface area contributed by atoms with Crippen molar-refractivity contribution in [1.82, 2.24) is 10.5 Å². The number of aryl methyl sites for hydroxylation is 2. The minimum Gasteiger partial charge on any atom is -0.487 e. The Morgan fingerprint density at radius 3 is 2.92 bits per heavy atom. The number of ether oxygens (including phenoxy) is 1. The lowest BCUT2D eigenvalue weighted by molar-refractivity contribution is 0.0608. The highest BCUT2D eigenvalue weighted by Gasteiger charge is 2.36. The quantitative estimate of drug-likeness (QED) is 0.901. The summed E-state index contributed by atoms with van der Waals surface area (Å²) in [5, 5.41) is 7.24. The third-order valence-corrected chi connectivity index (χ3v) is 5.10. The van der Waals surface area contributed by atoms with Crippen LogP contribution in [-0.2, 0) is 12.8 Å². The van der Waals surface area contributed by atoms with E-state index in [4.69, 9.17) is 9.26 Å². The molecule has 1 aliphatic carbocycles. The van der Waals surface area contributed by atoms with Crippen LogP contribution < -0.4 is 10.1 Å². The van der Waals surface area contributed by atoms with Gasteiger partial charge in [-0.25, -0.2) is 0 Å². The molecule has 0 saturated heterocycles. The molecule has 1 unspecified atom stereocenters. The second-order valence-corrected chi connectivity index (χ2v) is 7.78. The number of hydrogen-bond acceptors (Lipinski definition) is 4. The lowest BCUT2D eigenvalue weighted by Gasteiger charge is -2.38. The Hall–Kier alpha value is -2.30. The molecule has 1 amide bonds. The normalized spacial score (nSPS) is 21.0. The van der Waals surface area contributed by atoms with Gasteiger partial charge in [-0.1, -0.05) is 17.3 Å². The number of fused-ring (bicyclic) bond motifs is 2. The van der Waals surface area contributed by atoms with Crippen LogP contribution in [0.15, 0.2) is 22.7 Å². The highest BCUT2D eigenvalue weighted by molar-refractivity contribution is 5.93. The van der Waals surface area contributed by atoms with Gasteiger partial charge < -0.3 is 14.6 Å². The summed E-state index contributed by atoms with van der Waals surface area (Å²) in [4.78, 5) is 12.8. The van der Waals surface area contributed by atoms with Gasteiger partial charge in [-0.2, -0.15) is 0 Å². The summed E-state index contributed by atoms with van der Waals surface area (Å²) < 4.78 is 11.5. The van der Waals surface area contributed by atoms with Crippen LogP contribution in [-0.4, -0.2) is 16.7 Å². The lowest BCUT2D eigenvalue weighted by atomic mass is 9.89. The van der Waals surface area contributed by atoms with E-state index in [1.807, 2.05) is 32.9 Å². The van der Waals surface area contributed by atoms with E-state index in [-0.39, 0.29) is 17.6 Å². The van der Waals surface area contributed by atoms with Crippen molar-refractivity contribution in [3.05, 3.63) is 46.3 Å². The zero-order chi connectivity index (χ0) is 17.6. The molecule has 2 heterocycles. The summed E-state index contributed by atoms with van der Waals surface area (Å²) in [7, 11) is 0. The van der Waals surface area contributed by atoms with Gasteiger partial charge in [0.05, 0.1) is 11.7 Å². The fourth-order valence-corrected chi connectivity index (χ4v) is 3.88. The van der Waals surface area contributed by atoms with E-state index in [0.717, 1.165) is 53.8 Å². The molecular weight excluding hydrogens is 316 g/mol. The van der Waals surface area contributed by atoms with E-state index in [0.29, 0.717) is 12.2 Å². The number of carbonyl (C=O) groups excluding carboxylic acids is 1. The summed E-state index contributed by atoms with van der Waals surface area (Å²) in [6, 6.07) is 6.03. The van der Waals surface area contributed by atoms with E-state index in [1.165, 1.54) is 0 Å². The molecule has 4 rings (SSSR count). The van der Waals surface area contributed by atoms with Crippen molar-refractivity contribution in [3.8, 4) is 5.75 Å². The maximum Gasteiger partial charge on any atom is 0.290 e. The predicted octanol–water partition coefficient (Wildman–Crippen LogP) is 3.89. The topological polar surface area (TPSA) is 64.4 Å². The van der Waals surface area contributed by atoms with Gasteiger partial charge in [0.15, 0.2) is 0 Å². The molecule has 0 bridgehead atoms.